The Morgan fingerprint density at radius 1 is 1.20 bits per heavy atom. The summed E-state index contributed by atoms with van der Waals surface area (Å²) in [6, 6.07) is 13.8. The molecule has 20 heavy (non-hydrogen) atoms. The summed E-state index contributed by atoms with van der Waals surface area (Å²) in [5.74, 6) is 0. The fourth-order valence-corrected chi connectivity index (χ4v) is 2.11. The van der Waals surface area contributed by atoms with E-state index in [2.05, 4.69) is 5.32 Å². The molecule has 0 saturated heterocycles. The molecule has 0 bridgehead atoms. The standard InChI is InChI=1S/C14H14ClN3O2/c15-11-7-4-8-13(18(19)20)14(11)17-9-12(16)10-5-2-1-3-6-10/h1-8,12,17H,9,16H2. The minimum Gasteiger partial charge on any atom is -0.376 e. The highest BCUT2D eigenvalue weighted by Gasteiger charge is 2.17. The molecule has 0 amide bonds. The molecule has 3 N–H and O–H groups in total. The SMILES string of the molecule is NC(CNc1c(Cl)cccc1[N+](=O)[O-])c1ccccc1. The van der Waals surface area contributed by atoms with Crippen LogP contribution >= 0.6 is 11.6 Å². The van der Waals surface area contributed by atoms with E-state index < -0.39 is 4.92 Å². The monoisotopic (exact) mass is 291 g/mol. The van der Waals surface area contributed by atoms with Gasteiger partial charge in [-0.25, -0.2) is 0 Å². The van der Waals surface area contributed by atoms with Crippen molar-refractivity contribution in [1.82, 2.24) is 0 Å². The Bertz CT molecular complexity index is 605. The van der Waals surface area contributed by atoms with Crippen molar-refractivity contribution in [2.75, 3.05) is 11.9 Å². The number of nitro groups is 1. The molecule has 0 fully saturated rings. The van der Waals surface area contributed by atoms with Crippen LogP contribution in [-0.2, 0) is 0 Å². The van der Waals surface area contributed by atoms with Gasteiger partial charge in [0.1, 0.15) is 5.69 Å². The van der Waals surface area contributed by atoms with Crippen molar-refractivity contribution >= 4 is 23.0 Å². The number of nitrogens with two attached hydrogens (primary N) is 1. The Kier molecular flexibility index (Phi) is 4.55. The maximum atomic E-state index is 11.0. The second-order valence-electron chi connectivity index (χ2n) is 4.29. The molecule has 2 rings (SSSR count). The third-order valence-corrected chi connectivity index (χ3v) is 3.23. The van der Waals surface area contributed by atoms with Crippen LogP contribution in [-0.4, -0.2) is 11.5 Å². The van der Waals surface area contributed by atoms with Gasteiger partial charge in [0.05, 0.1) is 9.95 Å². The van der Waals surface area contributed by atoms with Gasteiger partial charge in [0.2, 0.25) is 0 Å². The number of benzene rings is 2. The fraction of sp³-hybridized carbons (Fsp3) is 0.143. The van der Waals surface area contributed by atoms with E-state index in [1.807, 2.05) is 30.3 Å². The van der Waals surface area contributed by atoms with Gasteiger partial charge >= 0.3 is 0 Å². The number of hydrogen-bond acceptors (Lipinski definition) is 4. The summed E-state index contributed by atoms with van der Waals surface area (Å²) in [6.07, 6.45) is 0. The first-order valence-electron chi connectivity index (χ1n) is 6.07. The van der Waals surface area contributed by atoms with E-state index in [-0.39, 0.29) is 11.7 Å². The topological polar surface area (TPSA) is 81.2 Å². The summed E-state index contributed by atoms with van der Waals surface area (Å²) in [6.45, 7) is 0.356. The molecule has 1 unspecified atom stereocenters. The Balaban J connectivity index is 2.13. The van der Waals surface area contributed by atoms with Crippen LogP contribution in [0.5, 0.6) is 0 Å². The molecule has 0 heterocycles. The zero-order valence-corrected chi connectivity index (χ0v) is 11.4. The van der Waals surface area contributed by atoms with E-state index in [0.29, 0.717) is 17.3 Å². The minimum absolute atomic E-state index is 0.0576. The maximum absolute atomic E-state index is 11.0. The maximum Gasteiger partial charge on any atom is 0.293 e. The number of hydrogen-bond donors (Lipinski definition) is 2. The molecule has 0 spiro atoms. The van der Waals surface area contributed by atoms with Crippen LogP contribution in [0.2, 0.25) is 5.02 Å². The molecule has 2 aromatic carbocycles. The van der Waals surface area contributed by atoms with Gasteiger partial charge in [-0.15, -0.1) is 0 Å². The van der Waals surface area contributed by atoms with Crippen molar-refractivity contribution in [3.63, 3.8) is 0 Å². The Morgan fingerprint density at radius 3 is 2.55 bits per heavy atom. The highest BCUT2D eigenvalue weighted by atomic mass is 35.5. The summed E-state index contributed by atoms with van der Waals surface area (Å²) >= 11 is 6.00. The number of nitrogens with one attached hydrogen (secondary N) is 1. The predicted octanol–water partition coefficient (Wildman–Crippen LogP) is 3.36. The quantitative estimate of drug-likeness (QED) is 0.654. The number of anilines is 1. The molecule has 6 heteroatoms. The molecular formula is C14H14ClN3O2. The van der Waals surface area contributed by atoms with Crippen molar-refractivity contribution in [2.45, 2.75) is 6.04 Å². The second-order valence-corrected chi connectivity index (χ2v) is 4.70. The number of rotatable bonds is 5. The lowest BCUT2D eigenvalue weighted by Gasteiger charge is -2.14. The highest BCUT2D eigenvalue weighted by molar-refractivity contribution is 6.33. The van der Waals surface area contributed by atoms with Crippen LogP contribution in [0.4, 0.5) is 11.4 Å². The smallest absolute Gasteiger partial charge is 0.293 e. The molecule has 104 valence electrons. The normalized spacial score (nSPS) is 11.9. The third kappa shape index (κ3) is 3.26. The molecule has 2 aromatic rings. The van der Waals surface area contributed by atoms with Gasteiger partial charge in [-0.1, -0.05) is 48.0 Å². The first-order valence-corrected chi connectivity index (χ1v) is 6.44. The molecular weight excluding hydrogens is 278 g/mol. The number of nitrogens with zero attached hydrogens (tertiary/aromatic N) is 1. The van der Waals surface area contributed by atoms with E-state index in [4.69, 9.17) is 17.3 Å². The average Bonchev–Trinajstić information content (AvgIpc) is 2.46. The van der Waals surface area contributed by atoms with Crippen molar-refractivity contribution in [1.29, 1.82) is 0 Å². The summed E-state index contributed by atoms with van der Waals surface area (Å²) < 4.78 is 0. The van der Waals surface area contributed by atoms with E-state index >= 15 is 0 Å². The third-order valence-electron chi connectivity index (χ3n) is 2.91. The van der Waals surface area contributed by atoms with Crippen LogP contribution in [0.15, 0.2) is 48.5 Å². The summed E-state index contributed by atoms with van der Waals surface area (Å²) in [4.78, 5) is 10.5. The lowest BCUT2D eigenvalue weighted by atomic mass is 10.1. The van der Waals surface area contributed by atoms with Gasteiger partial charge in [0.25, 0.3) is 5.69 Å². The molecule has 0 aliphatic heterocycles. The van der Waals surface area contributed by atoms with Gasteiger partial charge < -0.3 is 11.1 Å². The van der Waals surface area contributed by atoms with Gasteiger partial charge in [-0.3, -0.25) is 10.1 Å². The van der Waals surface area contributed by atoms with Gasteiger partial charge in [0, 0.05) is 18.7 Å². The molecule has 0 aliphatic carbocycles. The largest absolute Gasteiger partial charge is 0.376 e. The second kappa shape index (κ2) is 6.36. The lowest BCUT2D eigenvalue weighted by Crippen LogP contribution is -2.21. The van der Waals surface area contributed by atoms with E-state index in [0.717, 1.165) is 5.56 Å². The van der Waals surface area contributed by atoms with E-state index in [9.17, 15) is 10.1 Å². The van der Waals surface area contributed by atoms with Crippen LogP contribution < -0.4 is 11.1 Å². The van der Waals surface area contributed by atoms with Gasteiger partial charge in [0.15, 0.2) is 0 Å². The van der Waals surface area contributed by atoms with Crippen molar-refractivity contribution in [3.8, 4) is 0 Å². The van der Waals surface area contributed by atoms with Crippen LogP contribution in [0.3, 0.4) is 0 Å². The summed E-state index contributed by atoms with van der Waals surface area (Å²) in [5, 5.41) is 14.2. The molecule has 1 atom stereocenters. The molecule has 0 aromatic heterocycles. The molecule has 0 aliphatic rings. The highest BCUT2D eigenvalue weighted by Crippen LogP contribution is 2.32. The Morgan fingerprint density at radius 2 is 1.90 bits per heavy atom. The Labute approximate surface area is 121 Å². The van der Waals surface area contributed by atoms with Gasteiger partial charge in [-0.2, -0.15) is 0 Å². The first kappa shape index (κ1) is 14.3. The van der Waals surface area contributed by atoms with Crippen molar-refractivity contribution in [2.24, 2.45) is 5.73 Å². The Hall–Kier alpha value is -2.11. The number of halogens is 1. The van der Waals surface area contributed by atoms with Crippen molar-refractivity contribution < 1.29 is 4.92 Å². The number of nitro benzene ring substituents is 1. The summed E-state index contributed by atoms with van der Waals surface area (Å²) in [7, 11) is 0. The predicted molar refractivity (Wildman–Crippen MR) is 80.0 cm³/mol. The van der Waals surface area contributed by atoms with Crippen LogP contribution in [0.25, 0.3) is 0 Å². The zero-order chi connectivity index (χ0) is 14.5. The van der Waals surface area contributed by atoms with Crippen LogP contribution in [0, 0.1) is 10.1 Å². The summed E-state index contributed by atoms with van der Waals surface area (Å²) in [5.41, 5.74) is 7.24. The molecule has 0 saturated carbocycles. The van der Waals surface area contributed by atoms with E-state index in [1.165, 1.54) is 6.07 Å². The zero-order valence-electron chi connectivity index (χ0n) is 10.6. The minimum atomic E-state index is -0.470. The number of para-hydroxylation sites is 1. The van der Waals surface area contributed by atoms with Crippen molar-refractivity contribution in [3.05, 3.63) is 69.2 Å². The molecule has 5 nitrogen and oxygen atoms in total. The molecule has 0 radical (unpaired) electrons. The lowest BCUT2D eigenvalue weighted by molar-refractivity contribution is -0.383. The fourth-order valence-electron chi connectivity index (χ4n) is 1.87. The van der Waals surface area contributed by atoms with Gasteiger partial charge in [-0.05, 0) is 11.6 Å². The van der Waals surface area contributed by atoms with E-state index in [1.54, 1.807) is 12.1 Å². The average molecular weight is 292 g/mol. The van der Waals surface area contributed by atoms with Crippen LogP contribution in [0.1, 0.15) is 11.6 Å². The first-order chi connectivity index (χ1) is 9.59.